The number of anilines is 1. The van der Waals surface area contributed by atoms with Crippen LogP contribution in [0.4, 0.5) is 10.6 Å². The molecule has 24 heavy (non-hydrogen) atoms. The minimum atomic E-state index is -0.270. The second-order valence-corrected chi connectivity index (χ2v) is 6.11. The Morgan fingerprint density at radius 2 is 2.00 bits per heavy atom. The third-order valence-corrected chi connectivity index (χ3v) is 4.42. The van der Waals surface area contributed by atoms with Gasteiger partial charge in [0.25, 0.3) is 0 Å². The van der Waals surface area contributed by atoms with Crippen molar-refractivity contribution in [2.75, 3.05) is 37.7 Å². The monoisotopic (exact) mass is 325 g/mol. The Labute approximate surface area is 142 Å². The van der Waals surface area contributed by atoms with Gasteiger partial charge in [-0.05, 0) is 31.0 Å². The lowest BCUT2D eigenvalue weighted by Crippen LogP contribution is -2.49. The zero-order valence-electron chi connectivity index (χ0n) is 14.3. The zero-order chi connectivity index (χ0) is 17.1. The minimum Gasteiger partial charge on any atom is -0.445 e. The smallest absolute Gasteiger partial charge is 0.410 e. The van der Waals surface area contributed by atoms with Crippen LogP contribution in [0.15, 0.2) is 36.9 Å². The zero-order valence-corrected chi connectivity index (χ0v) is 14.3. The number of benzene rings is 1. The summed E-state index contributed by atoms with van der Waals surface area (Å²) in [6.07, 6.45) is 1.31. The molecule has 5 heteroatoms. The highest BCUT2D eigenvalue weighted by atomic mass is 16.6. The number of piperazine rings is 1. The summed E-state index contributed by atoms with van der Waals surface area (Å²) < 4.78 is 5.10. The van der Waals surface area contributed by atoms with E-state index in [1.54, 1.807) is 11.0 Å². The number of fused-ring (bicyclic) bond motifs is 1. The number of carbonyl (C=O) groups excluding carboxylic acids is 1. The normalized spacial score (nSPS) is 14.8. The third-order valence-electron chi connectivity index (χ3n) is 4.42. The Hall–Kier alpha value is -2.56. The van der Waals surface area contributed by atoms with E-state index in [2.05, 4.69) is 49.6 Å². The number of pyridine rings is 1. The van der Waals surface area contributed by atoms with E-state index >= 15 is 0 Å². The number of aromatic nitrogens is 1. The number of rotatable bonds is 3. The van der Waals surface area contributed by atoms with Crippen molar-refractivity contribution < 1.29 is 9.53 Å². The molecule has 1 amide bonds. The maximum absolute atomic E-state index is 11.9. The maximum atomic E-state index is 11.9. The van der Waals surface area contributed by atoms with Crippen LogP contribution in [-0.4, -0.2) is 48.8 Å². The van der Waals surface area contributed by atoms with Crippen LogP contribution in [0.3, 0.4) is 0 Å². The number of para-hydroxylation sites is 1. The van der Waals surface area contributed by atoms with Gasteiger partial charge in [0.15, 0.2) is 0 Å². The summed E-state index contributed by atoms with van der Waals surface area (Å²) >= 11 is 0. The average Bonchev–Trinajstić information content (AvgIpc) is 2.60. The van der Waals surface area contributed by atoms with E-state index < -0.39 is 0 Å². The molecular formula is C19H23N3O2. The van der Waals surface area contributed by atoms with Gasteiger partial charge in [-0.3, -0.25) is 0 Å². The highest BCUT2D eigenvalue weighted by molar-refractivity contribution is 5.86. The Bertz CT molecular complexity index is 765. The van der Waals surface area contributed by atoms with Gasteiger partial charge >= 0.3 is 6.09 Å². The van der Waals surface area contributed by atoms with Gasteiger partial charge < -0.3 is 14.5 Å². The first-order valence-corrected chi connectivity index (χ1v) is 8.24. The largest absolute Gasteiger partial charge is 0.445 e. The van der Waals surface area contributed by atoms with E-state index in [1.165, 1.54) is 16.5 Å². The second-order valence-electron chi connectivity index (χ2n) is 6.11. The van der Waals surface area contributed by atoms with Crippen LogP contribution >= 0.6 is 0 Å². The summed E-state index contributed by atoms with van der Waals surface area (Å²) in [5.41, 5.74) is 3.47. The van der Waals surface area contributed by atoms with Crippen LogP contribution < -0.4 is 4.90 Å². The van der Waals surface area contributed by atoms with Crippen LogP contribution in [0, 0.1) is 13.8 Å². The Balaban J connectivity index is 1.75. The number of amides is 1. The number of aryl methyl sites for hydroxylation is 2. The SMILES string of the molecule is C=CCOC(=O)N1CCN(c2cc(C)c3cccc(C)c3n2)CC1. The molecule has 1 aromatic carbocycles. The Morgan fingerprint density at radius 1 is 1.25 bits per heavy atom. The highest BCUT2D eigenvalue weighted by Crippen LogP contribution is 2.25. The molecule has 126 valence electrons. The molecule has 2 aromatic rings. The van der Waals surface area contributed by atoms with Crippen LogP contribution in [0.5, 0.6) is 0 Å². The van der Waals surface area contributed by atoms with Gasteiger partial charge in [-0.2, -0.15) is 0 Å². The van der Waals surface area contributed by atoms with E-state index in [0.29, 0.717) is 13.1 Å². The van der Waals surface area contributed by atoms with Gasteiger partial charge in [-0.1, -0.05) is 30.9 Å². The van der Waals surface area contributed by atoms with E-state index in [1.807, 2.05) is 0 Å². The van der Waals surface area contributed by atoms with Crippen molar-refractivity contribution in [1.29, 1.82) is 0 Å². The van der Waals surface area contributed by atoms with E-state index in [-0.39, 0.29) is 12.7 Å². The van der Waals surface area contributed by atoms with E-state index in [0.717, 1.165) is 24.4 Å². The van der Waals surface area contributed by atoms with Gasteiger partial charge in [0, 0.05) is 31.6 Å². The van der Waals surface area contributed by atoms with Crippen LogP contribution in [-0.2, 0) is 4.74 Å². The summed E-state index contributed by atoms with van der Waals surface area (Å²) in [7, 11) is 0. The molecule has 5 nitrogen and oxygen atoms in total. The summed E-state index contributed by atoms with van der Waals surface area (Å²) in [5.74, 6) is 0.980. The lowest BCUT2D eigenvalue weighted by Gasteiger charge is -2.35. The molecule has 0 bridgehead atoms. The molecular weight excluding hydrogens is 302 g/mol. The molecule has 0 saturated carbocycles. The standard InChI is InChI=1S/C19H23N3O2/c1-4-12-24-19(23)22-10-8-21(9-11-22)17-13-15(3)16-7-5-6-14(2)18(16)20-17/h4-7,13H,1,8-12H2,2-3H3. The first kappa shape index (κ1) is 16.3. The van der Waals surface area contributed by atoms with Crippen molar-refractivity contribution in [2.24, 2.45) is 0 Å². The molecule has 0 aliphatic carbocycles. The molecule has 1 fully saturated rings. The molecule has 0 N–H and O–H groups in total. The summed E-state index contributed by atoms with van der Waals surface area (Å²) in [6.45, 7) is 10.8. The molecule has 1 aliphatic rings. The highest BCUT2D eigenvalue weighted by Gasteiger charge is 2.23. The van der Waals surface area contributed by atoms with Crippen molar-refractivity contribution in [1.82, 2.24) is 9.88 Å². The van der Waals surface area contributed by atoms with E-state index in [9.17, 15) is 4.79 Å². The minimum absolute atomic E-state index is 0.254. The molecule has 0 radical (unpaired) electrons. The van der Waals surface area contributed by atoms with Crippen molar-refractivity contribution >= 4 is 22.8 Å². The number of ether oxygens (including phenoxy) is 1. The second kappa shape index (κ2) is 6.91. The predicted octanol–water partition coefficient (Wildman–Crippen LogP) is 3.30. The molecule has 0 unspecified atom stereocenters. The molecule has 1 aliphatic heterocycles. The number of nitrogens with zero attached hydrogens (tertiary/aromatic N) is 3. The van der Waals surface area contributed by atoms with E-state index in [4.69, 9.17) is 9.72 Å². The van der Waals surface area contributed by atoms with Gasteiger partial charge in [0.2, 0.25) is 0 Å². The molecule has 1 saturated heterocycles. The van der Waals surface area contributed by atoms with Crippen LogP contribution in [0.1, 0.15) is 11.1 Å². The number of hydrogen-bond acceptors (Lipinski definition) is 4. The number of carbonyl (C=O) groups is 1. The van der Waals surface area contributed by atoms with Gasteiger partial charge in [0.05, 0.1) is 5.52 Å². The first-order chi connectivity index (χ1) is 11.6. The predicted molar refractivity (Wildman–Crippen MR) is 96.5 cm³/mol. The summed E-state index contributed by atoms with van der Waals surface area (Å²) in [4.78, 5) is 20.7. The maximum Gasteiger partial charge on any atom is 0.410 e. The summed E-state index contributed by atoms with van der Waals surface area (Å²) in [5, 5.41) is 1.20. The van der Waals surface area contributed by atoms with Gasteiger partial charge in [0.1, 0.15) is 12.4 Å². The fourth-order valence-corrected chi connectivity index (χ4v) is 3.05. The molecule has 1 aromatic heterocycles. The van der Waals surface area contributed by atoms with Crippen molar-refractivity contribution in [3.05, 3.63) is 48.0 Å². The van der Waals surface area contributed by atoms with Crippen LogP contribution in [0.25, 0.3) is 10.9 Å². The van der Waals surface area contributed by atoms with Gasteiger partial charge in [-0.25, -0.2) is 9.78 Å². The molecule has 0 atom stereocenters. The molecule has 3 rings (SSSR count). The van der Waals surface area contributed by atoms with Crippen molar-refractivity contribution in [2.45, 2.75) is 13.8 Å². The fourth-order valence-electron chi connectivity index (χ4n) is 3.05. The van der Waals surface area contributed by atoms with Crippen LogP contribution in [0.2, 0.25) is 0 Å². The molecule has 0 spiro atoms. The lowest BCUT2D eigenvalue weighted by atomic mass is 10.1. The lowest BCUT2D eigenvalue weighted by molar-refractivity contribution is 0.110. The first-order valence-electron chi connectivity index (χ1n) is 8.24. The summed E-state index contributed by atoms with van der Waals surface area (Å²) in [6, 6.07) is 8.40. The molecule has 2 heterocycles. The Kier molecular flexibility index (Phi) is 4.69. The fraction of sp³-hybridized carbons (Fsp3) is 0.368. The van der Waals surface area contributed by atoms with Crippen molar-refractivity contribution in [3.63, 3.8) is 0 Å². The Morgan fingerprint density at radius 3 is 2.71 bits per heavy atom. The number of hydrogen-bond donors (Lipinski definition) is 0. The van der Waals surface area contributed by atoms with Gasteiger partial charge in [-0.15, -0.1) is 0 Å². The average molecular weight is 325 g/mol. The quantitative estimate of drug-likeness (QED) is 0.812. The third kappa shape index (κ3) is 3.20. The topological polar surface area (TPSA) is 45.7 Å². The van der Waals surface area contributed by atoms with Crippen molar-refractivity contribution in [3.8, 4) is 0 Å².